The summed E-state index contributed by atoms with van der Waals surface area (Å²) in [5.41, 5.74) is 0.451. The molecule has 0 aliphatic carbocycles. The molecule has 0 aliphatic heterocycles. The van der Waals surface area contributed by atoms with Crippen molar-refractivity contribution in [3.63, 3.8) is 0 Å². The number of nitrogens with zero attached hydrogens (tertiary/aromatic N) is 1. The average Bonchev–Trinajstić information content (AvgIpc) is 2.38. The number of rotatable bonds is 6. The minimum Gasteiger partial charge on any atom is -0.465 e. The Morgan fingerprint density at radius 1 is 1.59 bits per heavy atom. The highest BCUT2D eigenvalue weighted by atomic mass is 16.5. The van der Waals surface area contributed by atoms with Crippen molar-refractivity contribution in [3.05, 3.63) is 23.9 Å². The first-order valence-electron chi connectivity index (χ1n) is 5.50. The summed E-state index contributed by atoms with van der Waals surface area (Å²) < 4.78 is 4.68. The highest BCUT2D eigenvalue weighted by molar-refractivity contribution is 5.94. The number of nitrogens with one attached hydrogen (secondary N) is 1. The second kappa shape index (κ2) is 7.29. The van der Waals surface area contributed by atoms with Crippen molar-refractivity contribution in [2.75, 3.05) is 19.0 Å². The molecule has 17 heavy (non-hydrogen) atoms. The number of ether oxygens (including phenoxy) is 1. The average molecular weight is 232 g/mol. The molecule has 0 fully saturated rings. The lowest BCUT2D eigenvalue weighted by Gasteiger charge is -2.08. The van der Waals surface area contributed by atoms with Crippen LogP contribution in [0.4, 0.5) is 5.82 Å². The smallest absolute Gasteiger partial charge is 0.341 e. The Kier molecular flexibility index (Phi) is 5.59. The lowest BCUT2D eigenvalue weighted by atomic mass is 10.2. The zero-order valence-electron chi connectivity index (χ0n) is 9.90. The van der Waals surface area contributed by atoms with Crippen LogP contribution in [0, 0.1) is 12.3 Å². The van der Waals surface area contributed by atoms with Crippen LogP contribution < -0.4 is 5.32 Å². The number of aromatic nitrogens is 1. The monoisotopic (exact) mass is 232 g/mol. The van der Waals surface area contributed by atoms with E-state index in [9.17, 15) is 4.79 Å². The maximum atomic E-state index is 11.4. The molecule has 0 aromatic carbocycles. The number of pyridine rings is 1. The lowest BCUT2D eigenvalue weighted by Crippen LogP contribution is -2.10. The van der Waals surface area contributed by atoms with Gasteiger partial charge in [0.15, 0.2) is 0 Å². The minimum atomic E-state index is -0.385. The van der Waals surface area contributed by atoms with Crippen LogP contribution in [0.3, 0.4) is 0 Å². The van der Waals surface area contributed by atoms with Crippen molar-refractivity contribution in [1.29, 1.82) is 0 Å². The maximum absolute atomic E-state index is 11.4. The Morgan fingerprint density at radius 3 is 3.12 bits per heavy atom. The molecule has 0 spiro atoms. The van der Waals surface area contributed by atoms with Crippen LogP contribution in [0.15, 0.2) is 18.3 Å². The van der Waals surface area contributed by atoms with Gasteiger partial charge in [0.2, 0.25) is 0 Å². The van der Waals surface area contributed by atoms with Gasteiger partial charge in [-0.25, -0.2) is 9.78 Å². The molecule has 0 atom stereocenters. The van der Waals surface area contributed by atoms with E-state index in [-0.39, 0.29) is 5.97 Å². The molecular formula is C13H16N2O2. The summed E-state index contributed by atoms with van der Waals surface area (Å²) in [5.74, 6) is 2.76. The topological polar surface area (TPSA) is 51.2 Å². The highest BCUT2D eigenvalue weighted by Crippen LogP contribution is 2.12. The predicted octanol–water partition coefficient (Wildman–Crippen LogP) is 2.08. The molecule has 1 heterocycles. The third-order valence-electron chi connectivity index (χ3n) is 2.25. The molecule has 0 aliphatic rings. The second-order valence-corrected chi connectivity index (χ2v) is 3.48. The number of anilines is 1. The van der Waals surface area contributed by atoms with E-state index in [1.165, 1.54) is 7.11 Å². The van der Waals surface area contributed by atoms with E-state index >= 15 is 0 Å². The summed E-state index contributed by atoms with van der Waals surface area (Å²) in [6.07, 6.45) is 9.47. The normalized spacial score (nSPS) is 9.41. The molecule has 0 amide bonds. The van der Waals surface area contributed by atoms with Crippen molar-refractivity contribution in [3.8, 4) is 12.3 Å². The SMILES string of the molecule is C#CCCCCNc1ncccc1C(=O)OC. The molecule has 0 saturated carbocycles. The van der Waals surface area contributed by atoms with E-state index in [1.54, 1.807) is 18.3 Å². The molecule has 1 rings (SSSR count). The fraction of sp³-hybridized carbons (Fsp3) is 0.385. The summed E-state index contributed by atoms with van der Waals surface area (Å²) in [7, 11) is 1.35. The second-order valence-electron chi connectivity index (χ2n) is 3.48. The van der Waals surface area contributed by atoms with Crippen molar-refractivity contribution in [1.82, 2.24) is 4.98 Å². The van der Waals surface area contributed by atoms with Gasteiger partial charge in [0.25, 0.3) is 0 Å². The standard InChI is InChI=1S/C13H16N2O2/c1-3-4-5-6-9-14-12-11(13(16)17-2)8-7-10-15-12/h1,7-8,10H,4-6,9H2,2H3,(H,14,15). The van der Waals surface area contributed by atoms with E-state index < -0.39 is 0 Å². The van der Waals surface area contributed by atoms with E-state index in [0.717, 1.165) is 25.8 Å². The van der Waals surface area contributed by atoms with Gasteiger partial charge in [-0.15, -0.1) is 12.3 Å². The lowest BCUT2D eigenvalue weighted by molar-refractivity contribution is 0.0601. The van der Waals surface area contributed by atoms with Gasteiger partial charge in [-0.05, 0) is 25.0 Å². The Hall–Kier alpha value is -2.02. The van der Waals surface area contributed by atoms with Crippen LogP contribution >= 0.6 is 0 Å². The molecule has 90 valence electrons. The molecule has 4 heteroatoms. The summed E-state index contributed by atoms with van der Waals surface area (Å²) in [6, 6.07) is 3.39. The van der Waals surface area contributed by atoms with Gasteiger partial charge in [-0.2, -0.15) is 0 Å². The van der Waals surface area contributed by atoms with E-state index in [4.69, 9.17) is 6.42 Å². The van der Waals surface area contributed by atoms with Gasteiger partial charge in [-0.1, -0.05) is 0 Å². The van der Waals surface area contributed by atoms with Crippen molar-refractivity contribution < 1.29 is 9.53 Å². The number of unbranched alkanes of at least 4 members (excludes halogenated alkanes) is 2. The number of hydrogen-bond donors (Lipinski definition) is 1. The predicted molar refractivity (Wildman–Crippen MR) is 66.8 cm³/mol. The Labute approximate surface area is 101 Å². The van der Waals surface area contributed by atoms with Gasteiger partial charge < -0.3 is 10.1 Å². The molecule has 0 radical (unpaired) electrons. The first kappa shape index (κ1) is 13.0. The molecule has 1 aromatic rings. The highest BCUT2D eigenvalue weighted by Gasteiger charge is 2.11. The van der Waals surface area contributed by atoms with Gasteiger partial charge in [0.05, 0.1) is 7.11 Å². The number of terminal acetylenes is 1. The molecule has 0 unspecified atom stereocenters. The molecular weight excluding hydrogens is 216 g/mol. The van der Waals surface area contributed by atoms with Gasteiger partial charge >= 0.3 is 5.97 Å². The Balaban J connectivity index is 2.53. The van der Waals surface area contributed by atoms with Crippen LogP contribution in [0.5, 0.6) is 0 Å². The van der Waals surface area contributed by atoms with Gasteiger partial charge in [0.1, 0.15) is 11.4 Å². The number of carbonyl (C=O) groups excluding carboxylic acids is 1. The van der Waals surface area contributed by atoms with E-state index in [2.05, 4.69) is 21.0 Å². The van der Waals surface area contributed by atoms with Crippen LogP contribution in [0.1, 0.15) is 29.6 Å². The molecule has 0 saturated heterocycles. The number of esters is 1. The number of methoxy groups -OCH3 is 1. The fourth-order valence-electron chi connectivity index (χ4n) is 1.38. The first-order chi connectivity index (χ1) is 8.29. The maximum Gasteiger partial charge on any atom is 0.341 e. The van der Waals surface area contributed by atoms with Crippen LogP contribution in [-0.2, 0) is 4.74 Å². The largest absolute Gasteiger partial charge is 0.465 e. The van der Waals surface area contributed by atoms with Crippen molar-refractivity contribution in [2.45, 2.75) is 19.3 Å². The Morgan fingerprint density at radius 2 is 2.41 bits per heavy atom. The summed E-state index contributed by atoms with van der Waals surface area (Å²) in [6.45, 7) is 0.739. The van der Waals surface area contributed by atoms with Crippen LogP contribution in [0.25, 0.3) is 0 Å². The third kappa shape index (κ3) is 4.15. The molecule has 0 bridgehead atoms. The van der Waals surface area contributed by atoms with Gasteiger partial charge in [0, 0.05) is 19.2 Å². The molecule has 1 N–H and O–H groups in total. The van der Waals surface area contributed by atoms with Crippen LogP contribution in [-0.4, -0.2) is 24.6 Å². The summed E-state index contributed by atoms with van der Waals surface area (Å²) in [4.78, 5) is 15.6. The number of hydrogen-bond acceptors (Lipinski definition) is 4. The summed E-state index contributed by atoms with van der Waals surface area (Å²) in [5, 5.41) is 3.11. The van der Waals surface area contributed by atoms with Crippen LogP contribution in [0.2, 0.25) is 0 Å². The third-order valence-corrected chi connectivity index (χ3v) is 2.25. The zero-order valence-corrected chi connectivity index (χ0v) is 9.90. The molecule has 4 nitrogen and oxygen atoms in total. The fourth-order valence-corrected chi connectivity index (χ4v) is 1.38. The van der Waals surface area contributed by atoms with E-state index in [1.807, 2.05) is 0 Å². The molecule has 1 aromatic heterocycles. The minimum absolute atomic E-state index is 0.385. The van der Waals surface area contributed by atoms with E-state index in [0.29, 0.717) is 11.4 Å². The van der Waals surface area contributed by atoms with Crippen molar-refractivity contribution in [2.24, 2.45) is 0 Å². The first-order valence-corrected chi connectivity index (χ1v) is 5.50. The zero-order chi connectivity index (χ0) is 12.5. The Bertz CT molecular complexity index is 410. The summed E-state index contributed by atoms with van der Waals surface area (Å²) >= 11 is 0. The number of carbonyl (C=O) groups is 1. The van der Waals surface area contributed by atoms with Gasteiger partial charge in [-0.3, -0.25) is 0 Å². The quantitative estimate of drug-likeness (QED) is 0.463. The van der Waals surface area contributed by atoms with Crippen molar-refractivity contribution >= 4 is 11.8 Å².